The SMILES string of the molecule is CC1=C(C)C(C)c2ccccc2C1. The van der Waals surface area contributed by atoms with E-state index >= 15 is 0 Å². The second-order valence-electron chi connectivity index (χ2n) is 4.06. The molecule has 13 heavy (non-hydrogen) atoms. The Morgan fingerprint density at radius 1 is 1.15 bits per heavy atom. The fraction of sp³-hybridized carbons (Fsp3) is 0.385. The molecule has 1 atom stereocenters. The largest absolute Gasteiger partial charge is 0.0694 e. The van der Waals surface area contributed by atoms with Gasteiger partial charge in [-0.15, -0.1) is 0 Å². The van der Waals surface area contributed by atoms with Gasteiger partial charge in [-0.05, 0) is 31.4 Å². The first-order valence-electron chi connectivity index (χ1n) is 4.94. The molecule has 0 N–H and O–H groups in total. The van der Waals surface area contributed by atoms with Crippen molar-refractivity contribution in [3.05, 3.63) is 46.5 Å². The molecule has 1 aliphatic carbocycles. The third-order valence-corrected chi connectivity index (χ3v) is 3.30. The maximum atomic E-state index is 2.30. The number of allylic oxidation sites excluding steroid dienone is 2. The van der Waals surface area contributed by atoms with Gasteiger partial charge in [0.05, 0.1) is 0 Å². The Hall–Kier alpha value is -1.04. The van der Waals surface area contributed by atoms with Gasteiger partial charge in [0.1, 0.15) is 0 Å². The first-order chi connectivity index (χ1) is 6.20. The van der Waals surface area contributed by atoms with Gasteiger partial charge in [0.25, 0.3) is 0 Å². The summed E-state index contributed by atoms with van der Waals surface area (Å²) in [5.74, 6) is 0.616. The Morgan fingerprint density at radius 3 is 2.62 bits per heavy atom. The van der Waals surface area contributed by atoms with Crippen LogP contribution in [0.4, 0.5) is 0 Å². The van der Waals surface area contributed by atoms with Gasteiger partial charge in [-0.1, -0.05) is 42.3 Å². The molecule has 1 aromatic carbocycles. The summed E-state index contributed by atoms with van der Waals surface area (Å²) in [5.41, 5.74) is 6.13. The van der Waals surface area contributed by atoms with E-state index in [1.807, 2.05) is 0 Å². The van der Waals surface area contributed by atoms with Gasteiger partial charge in [-0.2, -0.15) is 0 Å². The van der Waals surface area contributed by atoms with Crippen LogP contribution < -0.4 is 0 Å². The summed E-state index contributed by atoms with van der Waals surface area (Å²) in [5, 5.41) is 0. The molecule has 1 aromatic rings. The van der Waals surface area contributed by atoms with Crippen LogP contribution in [0.1, 0.15) is 37.8 Å². The molecule has 0 heterocycles. The average molecular weight is 172 g/mol. The molecule has 1 unspecified atom stereocenters. The van der Waals surface area contributed by atoms with E-state index in [0.29, 0.717) is 5.92 Å². The molecule has 0 aliphatic heterocycles. The number of hydrogen-bond acceptors (Lipinski definition) is 0. The van der Waals surface area contributed by atoms with Crippen LogP contribution in [0, 0.1) is 0 Å². The highest BCUT2D eigenvalue weighted by Gasteiger charge is 2.18. The number of rotatable bonds is 0. The maximum Gasteiger partial charge on any atom is 0.00225 e. The molecule has 1 aliphatic rings. The molecule has 68 valence electrons. The fourth-order valence-electron chi connectivity index (χ4n) is 2.15. The predicted octanol–water partition coefficient (Wildman–Crippen LogP) is 3.68. The van der Waals surface area contributed by atoms with Crippen LogP contribution in [-0.2, 0) is 6.42 Å². The summed E-state index contributed by atoms with van der Waals surface area (Å²) in [6, 6.07) is 8.79. The van der Waals surface area contributed by atoms with E-state index in [1.54, 1.807) is 11.1 Å². The number of benzene rings is 1. The fourth-order valence-corrected chi connectivity index (χ4v) is 2.15. The van der Waals surface area contributed by atoms with Crippen molar-refractivity contribution in [3.8, 4) is 0 Å². The van der Waals surface area contributed by atoms with Crippen molar-refractivity contribution in [2.24, 2.45) is 0 Å². The second kappa shape index (κ2) is 3.02. The zero-order chi connectivity index (χ0) is 9.42. The normalized spacial score (nSPS) is 21.6. The van der Waals surface area contributed by atoms with Gasteiger partial charge in [-0.25, -0.2) is 0 Å². The molecule has 0 bridgehead atoms. The monoisotopic (exact) mass is 172 g/mol. The molecular formula is C13H16. The highest BCUT2D eigenvalue weighted by Crippen LogP contribution is 2.34. The summed E-state index contributed by atoms with van der Waals surface area (Å²) in [6.07, 6.45) is 1.15. The molecule has 0 fully saturated rings. The minimum absolute atomic E-state index is 0.616. The minimum Gasteiger partial charge on any atom is -0.0694 e. The Morgan fingerprint density at radius 2 is 1.85 bits per heavy atom. The molecule has 0 nitrogen and oxygen atoms in total. The average Bonchev–Trinajstić information content (AvgIpc) is 2.15. The van der Waals surface area contributed by atoms with Crippen LogP contribution in [0.3, 0.4) is 0 Å². The summed E-state index contributed by atoms with van der Waals surface area (Å²) >= 11 is 0. The van der Waals surface area contributed by atoms with Crippen molar-refractivity contribution in [3.63, 3.8) is 0 Å². The Labute approximate surface area is 80.3 Å². The molecule has 0 aromatic heterocycles. The van der Waals surface area contributed by atoms with Crippen LogP contribution in [-0.4, -0.2) is 0 Å². The standard InChI is InChI=1S/C13H16/c1-9-8-12-6-4-5-7-13(12)11(3)10(9)2/h4-7,11H,8H2,1-3H3. The first kappa shape index (κ1) is 8.55. The zero-order valence-corrected chi connectivity index (χ0v) is 8.59. The quantitative estimate of drug-likeness (QED) is 0.524. The molecule has 0 amide bonds. The molecule has 0 saturated heterocycles. The van der Waals surface area contributed by atoms with E-state index in [0.717, 1.165) is 6.42 Å². The molecule has 0 spiro atoms. The van der Waals surface area contributed by atoms with Crippen LogP contribution in [0.2, 0.25) is 0 Å². The highest BCUT2D eigenvalue weighted by molar-refractivity contribution is 5.43. The third-order valence-electron chi connectivity index (χ3n) is 3.30. The lowest BCUT2D eigenvalue weighted by Gasteiger charge is -2.25. The highest BCUT2D eigenvalue weighted by atomic mass is 14.2. The molecule has 2 rings (SSSR count). The number of fused-ring (bicyclic) bond motifs is 1. The van der Waals surface area contributed by atoms with Crippen LogP contribution in [0.15, 0.2) is 35.4 Å². The van der Waals surface area contributed by atoms with E-state index in [4.69, 9.17) is 0 Å². The first-order valence-corrected chi connectivity index (χ1v) is 4.94. The van der Waals surface area contributed by atoms with Gasteiger partial charge in [-0.3, -0.25) is 0 Å². The van der Waals surface area contributed by atoms with E-state index < -0.39 is 0 Å². The van der Waals surface area contributed by atoms with Crippen molar-refractivity contribution in [2.75, 3.05) is 0 Å². The number of hydrogen-bond donors (Lipinski definition) is 0. The molecule has 0 saturated carbocycles. The Balaban J connectivity index is 2.52. The lowest BCUT2D eigenvalue weighted by Crippen LogP contribution is -2.09. The van der Waals surface area contributed by atoms with Crippen LogP contribution >= 0.6 is 0 Å². The van der Waals surface area contributed by atoms with Crippen molar-refractivity contribution in [1.82, 2.24) is 0 Å². The second-order valence-corrected chi connectivity index (χ2v) is 4.06. The van der Waals surface area contributed by atoms with Crippen molar-refractivity contribution >= 4 is 0 Å². The zero-order valence-electron chi connectivity index (χ0n) is 8.59. The molecular weight excluding hydrogens is 156 g/mol. The molecule has 0 heteroatoms. The Kier molecular flexibility index (Phi) is 1.99. The van der Waals surface area contributed by atoms with E-state index in [2.05, 4.69) is 45.0 Å². The predicted molar refractivity (Wildman–Crippen MR) is 56.9 cm³/mol. The van der Waals surface area contributed by atoms with Crippen molar-refractivity contribution in [2.45, 2.75) is 33.1 Å². The third kappa shape index (κ3) is 1.31. The lowest BCUT2D eigenvalue weighted by molar-refractivity contribution is 0.812. The topological polar surface area (TPSA) is 0 Å². The van der Waals surface area contributed by atoms with Crippen molar-refractivity contribution in [1.29, 1.82) is 0 Å². The summed E-state index contributed by atoms with van der Waals surface area (Å²) in [7, 11) is 0. The van der Waals surface area contributed by atoms with E-state index in [1.165, 1.54) is 11.1 Å². The minimum atomic E-state index is 0.616. The van der Waals surface area contributed by atoms with Gasteiger partial charge in [0.2, 0.25) is 0 Å². The lowest BCUT2D eigenvalue weighted by atomic mass is 9.80. The van der Waals surface area contributed by atoms with Crippen LogP contribution in [0.5, 0.6) is 0 Å². The summed E-state index contributed by atoms with van der Waals surface area (Å²) in [6.45, 7) is 6.81. The summed E-state index contributed by atoms with van der Waals surface area (Å²) < 4.78 is 0. The van der Waals surface area contributed by atoms with Gasteiger partial charge >= 0.3 is 0 Å². The smallest absolute Gasteiger partial charge is 0.00225 e. The van der Waals surface area contributed by atoms with E-state index in [-0.39, 0.29) is 0 Å². The maximum absolute atomic E-state index is 2.30. The molecule has 0 radical (unpaired) electrons. The van der Waals surface area contributed by atoms with Gasteiger partial charge < -0.3 is 0 Å². The van der Waals surface area contributed by atoms with Crippen LogP contribution in [0.25, 0.3) is 0 Å². The van der Waals surface area contributed by atoms with Gasteiger partial charge in [0.15, 0.2) is 0 Å². The van der Waals surface area contributed by atoms with Crippen molar-refractivity contribution < 1.29 is 0 Å². The summed E-state index contributed by atoms with van der Waals surface area (Å²) in [4.78, 5) is 0. The van der Waals surface area contributed by atoms with E-state index in [9.17, 15) is 0 Å². The van der Waals surface area contributed by atoms with Gasteiger partial charge in [0, 0.05) is 5.92 Å². The Bertz CT molecular complexity index is 358.